The zero-order valence-corrected chi connectivity index (χ0v) is 13.8. The second-order valence-corrected chi connectivity index (χ2v) is 6.89. The predicted octanol–water partition coefficient (Wildman–Crippen LogP) is 2.91. The van der Waals surface area contributed by atoms with E-state index >= 15 is 0 Å². The molecule has 0 bridgehead atoms. The van der Waals surface area contributed by atoms with Gasteiger partial charge in [0.1, 0.15) is 6.26 Å². The van der Waals surface area contributed by atoms with E-state index in [0.29, 0.717) is 17.5 Å². The molecule has 1 aromatic carbocycles. The second-order valence-electron chi connectivity index (χ2n) is 6.89. The summed E-state index contributed by atoms with van der Waals surface area (Å²) in [7, 11) is 1.98. The Morgan fingerprint density at radius 1 is 1.28 bits per heavy atom. The van der Waals surface area contributed by atoms with Crippen LogP contribution in [-0.4, -0.2) is 35.1 Å². The fourth-order valence-corrected chi connectivity index (χ4v) is 3.93. The van der Waals surface area contributed by atoms with Gasteiger partial charge in [0.2, 0.25) is 0 Å². The van der Waals surface area contributed by atoms with Crippen molar-refractivity contribution < 1.29 is 18.1 Å². The minimum Gasteiger partial charge on any atom is -0.364 e. The van der Waals surface area contributed by atoms with Crippen LogP contribution < -0.4 is 5.32 Å². The zero-order chi connectivity index (χ0) is 17.6. The van der Waals surface area contributed by atoms with Crippen molar-refractivity contribution in [1.29, 1.82) is 0 Å². The first-order chi connectivity index (χ1) is 12.0. The molecule has 1 aromatic heterocycles. The number of hydrogen-bond acceptors (Lipinski definition) is 4. The molecule has 1 amide bonds. The highest BCUT2D eigenvalue weighted by Crippen LogP contribution is 2.46. The van der Waals surface area contributed by atoms with E-state index < -0.39 is 11.6 Å². The van der Waals surface area contributed by atoms with Crippen LogP contribution in [0.1, 0.15) is 41.4 Å². The SMILES string of the molecule is CN1C(C2CC2)CC(NC(=O)c2ccon2)C1c1ccc(F)c(F)c1. The standard InChI is InChI=1S/C18H19F2N3O2/c1-23-16(10-2-3-10)9-15(21-18(24)14-6-7-25-22-14)17(23)11-4-5-12(19)13(20)8-11/h4-8,10,15-17H,2-3,9H2,1H3,(H,21,24). The van der Waals surface area contributed by atoms with Crippen LogP contribution >= 0.6 is 0 Å². The van der Waals surface area contributed by atoms with E-state index in [9.17, 15) is 13.6 Å². The van der Waals surface area contributed by atoms with Crippen molar-refractivity contribution in [3.05, 3.63) is 53.4 Å². The summed E-state index contributed by atoms with van der Waals surface area (Å²) in [5.74, 6) is -1.46. The Bertz CT molecular complexity index is 777. The highest BCUT2D eigenvalue weighted by molar-refractivity contribution is 5.92. The van der Waals surface area contributed by atoms with Crippen molar-refractivity contribution in [3.8, 4) is 0 Å². The van der Waals surface area contributed by atoms with E-state index in [2.05, 4.69) is 15.4 Å². The summed E-state index contributed by atoms with van der Waals surface area (Å²) in [5, 5.41) is 6.64. The number of carbonyl (C=O) groups excluding carboxylic acids is 1. The molecule has 0 radical (unpaired) electrons. The number of nitrogens with zero attached hydrogens (tertiary/aromatic N) is 2. The van der Waals surface area contributed by atoms with E-state index in [1.54, 1.807) is 6.07 Å². The van der Waals surface area contributed by atoms with Gasteiger partial charge in [0, 0.05) is 12.1 Å². The summed E-state index contributed by atoms with van der Waals surface area (Å²) >= 11 is 0. The van der Waals surface area contributed by atoms with Crippen LogP contribution in [0.25, 0.3) is 0 Å². The first-order valence-corrected chi connectivity index (χ1v) is 8.42. The number of rotatable bonds is 4. The van der Waals surface area contributed by atoms with Gasteiger partial charge in [0.05, 0.1) is 12.1 Å². The van der Waals surface area contributed by atoms with Gasteiger partial charge in [-0.25, -0.2) is 8.78 Å². The Hall–Kier alpha value is -2.28. The Labute approximate surface area is 144 Å². The van der Waals surface area contributed by atoms with E-state index in [4.69, 9.17) is 4.52 Å². The minimum absolute atomic E-state index is 0.204. The third-order valence-electron chi connectivity index (χ3n) is 5.28. The van der Waals surface area contributed by atoms with Gasteiger partial charge in [-0.1, -0.05) is 11.2 Å². The Balaban J connectivity index is 1.62. The fraction of sp³-hybridized carbons (Fsp3) is 0.444. The highest BCUT2D eigenvalue weighted by atomic mass is 19.2. The van der Waals surface area contributed by atoms with Gasteiger partial charge in [0.25, 0.3) is 5.91 Å². The fourth-order valence-electron chi connectivity index (χ4n) is 3.93. The molecular weight excluding hydrogens is 328 g/mol. The summed E-state index contributed by atoms with van der Waals surface area (Å²) in [5.41, 5.74) is 0.872. The zero-order valence-electron chi connectivity index (χ0n) is 13.8. The molecule has 1 N–H and O–H groups in total. The van der Waals surface area contributed by atoms with Crippen LogP contribution in [0.15, 0.2) is 35.1 Å². The Morgan fingerprint density at radius 2 is 2.08 bits per heavy atom. The molecule has 4 rings (SSSR count). The number of benzene rings is 1. The second kappa shape index (κ2) is 6.22. The lowest BCUT2D eigenvalue weighted by Crippen LogP contribution is -2.39. The Morgan fingerprint density at radius 3 is 2.72 bits per heavy atom. The number of likely N-dealkylation sites (tertiary alicyclic amines) is 1. The number of halogens is 2. The van der Waals surface area contributed by atoms with Gasteiger partial charge in [-0.05, 0) is 49.9 Å². The Kier molecular flexibility index (Phi) is 4.03. The highest BCUT2D eigenvalue weighted by Gasteiger charge is 2.46. The number of amides is 1. The average Bonchev–Trinajstić information content (AvgIpc) is 3.16. The molecule has 2 heterocycles. The van der Waals surface area contributed by atoms with Gasteiger partial charge in [0.15, 0.2) is 17.3 Å². The van der Waals surface area contributed by atoms with Gasteiger partial charge in [-0.2, -0.15) is 0 Å². The number of carbonyl (C=O) groups is 1. The molecule has 3 unspecified atom stereocenters. The van der Waals surface area contributed by atoms with Gasteiger partial charge >= 0.3 is 0 Å². The lowest BCUT2D eigenvalue weighted by molar-refractivity contribution is 0.0918. The van der Waals surface area contributed by atoms with Crippen molar-refractivity contribution in [2.45, 2.75) is 37.4 Å². The van der Waals surface area contributed by atoms with Crippen LogP contribution in [0.3, 0.4) is 0 Å². The normalized spacial score (nSPS) is 26.8. The van der Waals surface area contributed by atoms with Crippen LogP contribution in [0, 0.1) is 17.6 Å². The number of likely N-dealkylation sites (N-methyl/N-ethyl adjacent to an activating group) is 1. The minimum atomic E-state index is -0.873. The van der Waals surface area contributed by atoms with Crippen LogP contribution in [0.5, 0.6) is 0 Å². The molecule has 1 saturated heterocycles. The smallest absolute Gasteiger partial charge is 0.273 e. The molecule has 3 atom stereocenters. The molecule has 1 aliphatic heterocycles. The maximum atomic E-state index is 13.7. The largest absolute Gasteiger partial charge is 0.364 e. The molecule has 5 nitrogen and oxygen atoms in total. The number of hydrogen-bond donors (Lipinski definition) is 1. The molecular formula is C18H19F2N3O2. The third-order valence-corrected chi connectivity index (χ3v) is 5.28. The van der Waals surface area contributed by atoms with Crippen LogP contribution in [0.4, 0.5) is 8.78 Å². The van der Waals surface area contributed by atoms with Crippen LogP contribution in [-0.2, 0) is 0 Å². The summed E-state index contributed by atoms with van der Waals surface area (Å²) in [4.78, 5) is 14.6. The average molecular weight is 347 g/mol. The monoisotopic (exact) mass is 347 g/mol. The van der Waals surface area contributed by atoms with E-state index in [0.717, 1.165) is 12.5 Å². The molecule has 2 aromatic rings. The topological polar surface area (TPSA) is 58.4 Å². The lowest BCUT2D eigenvalue weighted by Gasteiger charge is -2.28. The van der Waals surface area contributed by atoms with Crippen LogP contribution in [0.2, 0.25) is 0 Å². The van der Waals surface area contributed by atoms with Crippen molar-refractivity contribution >= 4 is 5.91 Å². The summed E-state index contributed by atoms with van der Waals surface area (Å²) < 4.78 is 31.8. The summed E-state index contributed by atoms with van der Waals surface area (Å²) in [6.07, 6.45) is 4.46. The van der Waals surface area contributed by atoms with E-state index in [1.165, 1.54) is 31.2 Å². The molecule has 25 heavy (non-hydrogen) atoms. The van der Waals surface area contributed by atoms with Crippen molar-refractivity contribution in [2.24, 2.45) is 5.92 Å². The first-order valence-electron chi connectivity index (χ1n) is 8.42. The third kappa shape index (κ3) is 3.04. The van der Waals surface area contributed by atoms with Crippen molar-refractivity contribution in [3.63, 3.8) is 0 Å². The molecule has 2 aliphatic rings. The van der Waals surface area contributed by atoms with Gasteiger partial charge < -0.3 is 9.84 Å². The van der Waals surface area contributed by atoms with Gasteiger partial charge in [-0.15, -0.1) is 0 Å². The van der Waals surface area contributed by atoms with Gasteiger partial charge in [-0.3, -0.25) is 9.69 Å². The first kappa shape index (κ1) is 16.2. The predicted molar refractivity (Wildman–Crippen MR) is 85.7 cm³/mol. The van der Waals surface area contributed by atoms with E-state index in [1.807, 2.05) is 7.05 Å². The van der Waals surface area contributed by atoms with Crippen molar-refractivity contribution in [2.75, 3.05) is 7.05 Å². The molecule has 2 fully saturated rings. The number of nitrogens with one attached hydrogen (secondary N) is 1. The molecule has 7 heteroatoms. The molecule has 1 aliphatic carbocycles. The van der Waals surface area contributed by atoms with E-state index in [-0.39, 0.29) is 23.7 Å². The van der Waals surface area contributed by atoms with Crippen molar-refractivity contribution in [1.82, 2.24) is 15.4 Å². The quantitative estimate of drug-likeness (QED) is 0.924. The summed E-state index contributed by atoms with van der Waals surface area (Å²) in [6, 6.07) is 5.35. The maximum Gasteiger partial charge on any atom is 0.273 e. The summed E-state index contributed by atoms with van der Waals surface area (Å²) in [6.45, 7) is 0. The molecule has 0 spiro atoms. The molecule has 1 saturated carbocycles. The number of aromatic nitrogens is 1. The maximum absolute atomic E-state index is 13.7. The molecule has 132 valence electrons. The lowest BCUT2D eigenvalue weighted by atomic mass is 9.99.